The minimum atomic E-state index is -0.299. The topological polar surface area (TPSA) is 58.6 Å². The van der Waals surface area contributed by atoms with Gasteiger partial charge in [-0.05, 0) is 49.3 Å². The van der Waals surface area contributed by atoms with Crippen LogP contribution >= 0.6 is 0 Å². The quantitative estimate of drug-likeness (QED) is 0.809. The van der Waals surface area contributed by atoms with Gasteiger partial charge in [0, 0.05) is 19.2 Å². The van der Waals surface area contributed by atoms with Crippen molar-refractivity contribution < 1.29 is 14.6 Å². The van der Waals surface area contributed by atoms with Gasteiger partial charge in [0.15, 0.2) is 0 Å². The van der Waals surface area contributed by atoms with E-state index >= 15 is 0 Å². The molecule has 110 valence electrons. The second-order valence-corrected chi connectivity index (χ2v) is 5.47. The minimum absolute atomic E-state index is 0.299. The minimum Gasteiger partial charge on any atom is -0.465 e. The highest BCUT2D eigenvalue weighted by Crippen LogP contribution is 2.23. The van der Waals surface area contributed by atoms with E-state index in [1.807, 2.05) is 12.1 Å². The Balaban J connectivity index is 1.78. The number of hydrogen-bond donors (Lipinski definition) is 2. The predicted molar refractivity (Wildman–Crippen MR) is 77.5 cm³/mol. The SMILES string of the molecule is COC(=O)c1ccc(CNC2CCC(CO)CC2)cc1. The van der Waals surface area contributed by atoms with Crippen molar-refractivity contribution >= 4 is 5.97 Å². The van der Waals surface area contributed by atoms with E-state index in [9.17, 15) is 4.79 Å². The van der Waals surface area contributed by atoms with Crippen molar-refractivity contribution in [3.8, 4) is 0 Å². The smallest absolute Gasteiger partial charge is 0.337 e. The molecule has 0 atom stereocenters. The molecule has 0 bridgehead atoms. The first-order valence-corrected chi connectivity index (χ1v) is 7.24. The summed E-state index contributed by atoms with van der Waals surface area (Å²) < 4.78 is 4.68. The van der Waals surface area contributed by atoms with E-state index in [4.69, 9.17) is 5.11 Å². The Morgan fingerprint density at radius 1 is 1.25 bits per heavy atom. The Morgan fingerprint density at radius 3 is 2.45 bits per heavy atom. The molecule has 0 spiro atoms. The number of methoxy groups -OCH3 is 1. The fourth-order valence-corrected chi connectivity index (χ4v) is 2.69. The molecule has 2 N–H and O–H groups in total. The summed E-state index contributed by atoms with van der Waals surface area (Å²) in [6, 6.07) is 8.05. The fourth-order valence-electron chi connectivity index (χ4n) is 2.69. The molecule has 0 aliphatic heterocycles. The van der Waals surface area contributed by atoms with Gasteiger partial charge in [-0.1, -0.05) is 12.1 Å². The van der Waals surface area contributed by atoms with Crippen LogP contribution in [0.3, 0.4) is 0 Å². The van der Waals surface area contributed by atoms with Gasteiger partial charge in [0.1, 0.15) is 0 Å². The van der Waals surface area contributed by atoms with E-state index in [1.54, 1.807) is 12.1 Å². The van der Waals surface area contributed by atoms with E-state index in [2.05, 4.69) is 10.1 Å². The van der Waals surface area contributed by atoms with E-state index in [-0.39, 0.29) is 5.97 Å². The summed E-state index contributed by atoms with van der Waals surface area (Å²) in [6.45, 7) is 1.14. The first-order valence-electron chi connectivity index (χ1n) is 7.24. The molecular formula is C16H23NO3. The number of carbonyl (C=O) groups excluding carboxylic acids is 1. The summed E-state index contributed by atoms with van der Waals surface area (Å²) in [5.41, 5.74) is 1.75. The second-order valence-electron chi connectivity index (χ2n) is 5.47. The van der Waals surface area contributed by atoms with Crippen LogP contribution in [0.15, 0.2) is 24.3 Å². The molecule has 1 aromatic carbocycles. The zero-order valence-electron chi connectivity index (χ0n) is 12.0. The highest BCUT2D eigenvalue weighted by Gasteiger charge is 2.19. The normalized spacial score (nSPS) is 22.5. The zero-order chi connectivity index (χ0) is 14.4. The molecule has 1 saturated carbocycles. The first-order chi connectivity index (χ1) is 9.72. The molecule has 0 unspecified atom stereocenters. The zero-order valence-corrected chi connectivity index (χ0v) is 12.0. The molecule has 0 amide bonds. The van der Waals surface area contributed by atoms with Crippen LogP contribution in [0.5, 0.6) is 0 Å². The van der Waals surface area contributed by atoms with Gasteiger partial charge in [0.05, 0.1) is 12.7 Å². The van der Waals surface area contributed by atoms with Gasteiger partial charge < -0.3 is 15.2 Å². The standard InChI is InChI=1S/C16H23NO3/c1-20-16(19)14-6-2-12(3-7-14)10-17-15-8-4-13(11-18)5-9-15/h2-3,6-7,13,15,17-18H,4-5,8-11H2,1H3. The number of ether oxygens (including phenoxy) is 1. The fraction of sp³-hybridized carbons (Fsp3) is 0.562. The number of nitrogens with one attached hydrogen (secondary N) is 1. The van der Waals surface area contributed by atoms with E-state index < -0.39 is 0 Å². The van der Waals surface area contributed by atoms with Gasteiger partial charge in [-0.15, -0.1) is 0 Å². The van der Waals surface area contributed by atoms with Gasteiger partial charge in [-0.3, -0.25) is 0 Å². The Bertz CT molecular complexity index is 422. The number of carbonyl (C=O) groups is 1. The van der Waals surface area contributed by atoms with Gasteiger partial charge in [-0.25, -0.2) is 4.79 Å². The second kappa shape index (κ2) is 7.41. The Hall–Kier alpha value is -1.39. The lowest BCUT2D eigenvalue weighted by Crippen LogP contribution is -2.33. The molecule has 1 aromatic rings. The van der Waals surface area contributed by atoms with Crippen LogP contribution in [-0.4, -0.2) is 30.8 Å². The summed E-state index contributed by atoms with van der Waals surface area (Å²) in [5, 5.41) is 12.7. The van der Waals surface area contributed by atoms with Gasteiger partial charge in [0.2, 0.25) is 0 Å². The molecule has 0 aromatic heterocycles. The molecular weight excluding hydrogens is 254 g/mol. The van der Waals surface area contributed by atoms with Crippen LogP contribution in [0, 0.1) is 5.92 Å². The monoisotopic (exact) mass is 277 g/mol. The van der Waals surface area contributed by atoms with Crippen molar-refractivity contribution in [1.82, 2.24) is 5.32 Å². The first kappa shape index (κ1) is 15.0. The number of aliphatic hydroxyl groups excluding tert-OH is 1. The lowest BCUT2D eigenvalue weighted by atomic mass is 9.86. The Labute approximate surface area is 120 Å². The summed E-state index contributed by atoms with van der Waals surface area (Å²) >= 11 is 0. The number of esters is 1. The molecule has 4 nitrogen and oxygen atoms in total. The summed E-state index contributed by atoms with van der Waals surface area (Å²) in [5.74, 6) is 0.194. The molecule has 1 aliphatic rings. The average Bonchev–Trinajstić information content (AvgIpc) is 2.53. The van der Waals surface area contributed by atoms with E-state index in [0.29, 0.717) is 24.1 Å². The van der Waals surface area contributed by atoms with E-state index in [1.165, 1.54) is 12.7 Å². The molecule has 0 heterocycles. The molecule has 20 heavy (non-hydrogen) atoms. The van der Waals surface area contributed by atoms with Crippen LogP contribution < -0.4 is 5.32 Å². The molecule has 4 heteroatoms. The number of aliphatic hydroxyl groups is 1. The lowest BCUT2D eigenvalue weighted by Gasteiger charge is -2.28. The van der Waals surface area contributed by atoms with Crippen LogP contribution in [0.25, 0.3) is 0 Å². The van der Waals surface area contributed by atoms with Gasteiger partial charge in [-0.2, -0.15) is 0 Å². The van der Waals surface area contributed by atoms with Crippen molar-refractivity contribution in [1.29, 1.82) is 0 Å². The maximum atomic E-state index is 11.3. The van der Waals surface area contributed by atoms with Crippen molar-refractivity contribution in [3.63, 3.8) is 0 Å². The molecule has 1 fully saturated rings. The average molecular weight is 277 g/mol. The highest BCUT2D eigenvalue weighted by molar-refractivity contribution is 5.89. The Morgan fingerprint density at radius 2 is 1.90 bits per heavy atom. The van der Waals surface area contributed by atoms with Crippen LogP contribution in [0.2, 0.25) is 0 Å². The van der Waals surface area contributed by atoms with E-state index in [0.717, 1.165) is 32.2 Å². The van der Waals surface area contributed by atoms with Crippen molar-refractivity contribution in [3.05, 3.63) is 35.4 Å². The summed E-state index contributed by atoms with van der Waals surface area (Å²) in [4.78, 5) is 11.3. The predicted octanol–water partition coefficient (Wildman–Crippen LogP) is 2.11. The lowest BCUT2D eigenvalue weighted by molar-refractivity contribution is 0.0600. The van der Waals surface area contributed by atoms with Crippen molar-refractivity contribution in [2.75, 3.05) is 13.7 Å². The molecule has 0 radical (unpaired) electrons. The third-order valence-electron chi connectivity index (χ3n) is 4.07. The third-order valence-corrected chi connectivity index (χ3v) is 4.07. The number of hydrogen-bond acceptors (Lipinski definition) is 4. The summed E-state index contributed by atoms with van der Waals surface area (Å²) in [7, 11) is 1.39. The van der Waals surface area contributed by atoms with Crippen LogP contribution in [0.4, 0.5) is 0 Å². The van der Waals surface area contributed by atoms with Crippen LogP contribution in [-0.2, 0) is 11.3 Å². The molecule has 0 saturated heterocycles. The summed E-state index contributed by atoms with van der Waals surface area (Å²) in [6.07, 6.45) is 4.47. The Kier molecular flexibility index (Phi) is 5.56. The maximum absolute atomic E-state index is 11.3. The molecule has 1 aliphatic carbocycles. The number of benzene rings is 1. The maximum Gasteiger partial charge on any atom is 0.337 e. The van der Waals surface area contributed by atoms with Crippen molar-refractivity contribution in [2.45, 2.75) is 38.3 Å². The third kappa shape index (κ3) is 4.05. The van der Waals surface area contributed by atoms with Gasteiger partial charge in [0.25, 0.3) is 0 Å². The van der Waals surface area contributed by atoms with Crippen LogP contribution in [0.1, 0.15) is 41.6 Å². The highest BCUT2D eigenvalue weighted by atomic mass is 16.5. The largest absolute Gasteiger partial charge is 0.465 e. The van der Waals surface area contributed by atoms with Crippen molar-refractivity contribution in [2.24, 2.45) is 5.92 Å². The molecule has 2 rings (SSSR count). The van der Waals surface area contributed by atoms with Gasteiger partial charge >= 0.3 is 5.97 Å². The number of rotatable bonds is 5.